The van der Waals surface area contributed by atoms with Crippen molar-refractivity contribution in [3.8, 4) is 0 Å². The van der Waals surface area contributed by atoms with Gasteiger partial charge in [-0.25, -0.2) is 9.78 Å². The number of nitrogens with one attached hydrogen (secondary N) is 1. The van der Waals surface area contributed by atoms with E-state index in [1.807, 2.05) is 0 Å². The van der Waals surface area contributed by atoms with Crippen molar-refractivity contribution in [2.75, 3.05) is 7.11 Å². The zero-order valence-electron chi connectivity index (χ0n) is 7.37. The highest BCUT2D eigenvalue weighted by atomic mass is 19.1. The number of carbonyl (C=O) groups excluding carboxylic acids is 1. The Balaban J connectivity index is 2.64. The summed E-state index contributed by atoms with van der Waals surface area (Å²) in [6, 6.07) is 2.68. The number of fused-ring (bicyclic) bond motifs is 1. The molecule has 0 radical (unpaired) electrons. The van der Waals surface area contributed by atoms with Crippen LogP contribution in [-0.2, 0) is 4.74 Å². The van der Waals surface area contributed by atoms with E-state index in [1.165, 1.54) is 25.4 Å². The highest BCUT2D eigenvalue weighted by molar-refractivity contribution is 6.02. The maximum atomic E-state index is 12.7. The summed E-state index contributed by atoms with van der Waals surface area (Å²) in [6.45, 7) is 0. The first-order valence-electron chi connectivity index (χ1n) is 3.94. The normalized spacial score (nSPS) is 10.4. The molecule has 0 spiro atoms. The fourth-order valence-corrected chi connectivity index (χ4v) is 1.26. The standard InChI is InChI=1S/C9H7FN2O2/c1-14-9(13)6-4-11-8-5(6)2-3-7(10)12-8/h2-4H,1H3,(H,11,12). The summed E-state index contributed by atoms with van der Waals surface area (Å²) in [5, 5.41) is 0.554. The largest absolute Gasteiger partial charge is 0.465 e. The molecule has 0 aliphatic carbocycles. The average molecular weight is 194 g/mol. The molecule has 4 nitrogen and oxygen atoms in total. The van der Waals surface area contributed by atoms with Gasteiger partial charge in [-0.15, -0.1) is 0 Å². The molecule has 0 aromatic carbocycles. The van der Waals surface area contributed by atoms with Gasteiger partial charge in [0, 0.05) is 11.6 Å². The highest BCUT2D eigenvalue weighted by Gasteiger charge is 2.12. The average Bonchev–Trinajstić information content (AvgIpc) is 2.59. The number of ether oxygens (including phenoxy) is 1. The van der Waals surface area contributed by atoms with Crippen molar-refractivity contribution in [2.45, 2.75) is 0 Å². The van der Waals surface area contributed by atoms with Gasteiger partial charge < -0.3 is 9.72 Å². The number of hydrogen-bond acceptors (Lipinski definition) is 3. The number of carbonyl (C=O) groups is 1. The van der Waals surface area contributed by atoms with Gasteiger partial charge in [0.2, 0.25) is 5.95 Å². The number of halogens is 1. The molecule has 72 valence electrons. The number of hydrogen-bond donors (Lipinski definition) is 1. The highest BCUT2D eigenvalue weighted by Crippen LogP contribution is 2.17. The molecule has 14 heavy (non-hydrogen) atoms. The molecule has 0 saturated heterocycles. The minimum absolute atomic E-state index is 0.338. The maximum absolute atomic E-state index is 12.7. The SMILES string of the molecule is COC(=O)c1c[nH]c2nc(F)ccc12. The van der Waals surface area contributed by atoms with Crippen LogP contribution in [0.5, 0.6) is 0 Å². The van der Waals surface area contributed by atoms with Gasteiger partial charge in [0.1, 0.15) is 5.65 Å². The second-order valence-corrected chi connectivity index (χ2v) is 2.72. The molecular formula is C9H7FN2O2. The zero-order valence-corrected chi connectivity index (χ0v) is 7.37. The van der Waals surface area contributed by atoms with Crippen LogP contribution in [0, 0.1) is 5.95 Å². The van der Waals surface area contributed by atoms with Crippen molar-refractivity contribution < 1.29 is 13.9 Å². The molecule has 2 aromatic rings. The minimum Gasteiger partial charge on any atom is -0.465 e. The number of H-pyrrole nitrogens is 1. The molecule has 5 heteroatoms. The van der Waals surface area contributed by atoms with Crippen molar-refractivity contribution in [3.63, 3.8) is 0 Å². The van der Waals surface area contributed by atoms with Gasteiger partial charge in [0.25, 0.3) is 0 Å². The summed E-state index contributed by atoms with van der Waals surface area (Å²) in [6.07, 6.45) is 1.45. The van der Waals surface area contributed by atoms with E-state index in [1.54, 1.807) is 0 Å². The third-order valence-corrected chi connectivity index (χ3v) is 1.91. The Kier molecular flexibility index (Phi) is 1.92. The Hall–Kier alpha value is -1.91. The van der Waals surface area contributed by atoms with Crippen molar-refractivity contribution in [1.82, 2.24) is 9.97 Å². The summed E-state index contributed by atoms with van der Waals surface area (Å²) in [5.74, 6) is -1.06. The van der Waals surface area contributed by atoms with E-state index in [4.69, 9.17) is 0 Å². The van der Waals surface area contributed by atoms with E-state index in [0.29, 0.717) is 16.6 Å². The van der Waals surface area contributed by atoms with Gasteiger partial charge in [-0.1, -0.05) is 0 Å². The summed E-state index contributed by atoms with van der Waals surface area (Å²) in [5.41, 5.74) is 0.695. The lowest BCUT2D eigenvalue weighted by Crippen LogP contribution is -1.99. The minimum atomic E-state index is -0.587. The topological polar surface area (TPSA) is 55.0 Å². The van der Waals surface area contributed by atoms with Gasteiger partial charge in [-0.3, -0.25) is 0 Å². The number of aromatic nitrogens is 2. The smallest absolute Gasteiger partial charge is 0.340 e. The number of methoxy groups -OCH3 is 1. The van der Waals surface area contributed by atoms with Crippen LogP contribution in [0.3, 0.4) is 0 Å². The Labute approximate surface area is 78.7 Å². The van der Waals surface area contributed by atoms with E-state index in [-0.39, 0.29) is 0 Å². The first-order valence-corrected chi connectivity index (χ1v) is 3.94. The number of esters is 1. The molecule has 0 aliphatic rings. The number of pyridine rings is 1. The molecule has 0 unspecified atom stereocenters. The lowest BCUT2D eigenvalue weighted by Gasteiger charge is -1.95. The van der Waals surface area contributed by atoms with E-state index >= 15 is 0 Å². The molecule has 1 N–H and O–H groups in total. The monoisotopic (exact) mass is 194 g/mol. The molecule has 0 fully saturated rings. The zero-order chi connectivity index (χ0) is 10.1. The molecule has 0 saturated carbocycles. The summed E-state index contributed by atoms with van der Waals surface area (Å²) in [7, 11) is 1.29. The maximum Gasteiger partial charge on any atom is 0.340 e. The van der Waals surface area contributed by atoms with Gasteiger partial charge in [-0.05, 0) is 12.1 Å². The van der Waals surface area contributed by atoms with Gasteiger partial charge >= 0.3 is 5.97 Å². The van der Waals surface area contributed by atoms with Crippen LogP contribution in [0.2, 0.25) is 0 Å². The van der Waals surface area contributed by atoms with Crippen molar-refractivity contribution in [3.05, 3.63) is 29.8 Å². The Bertz CT molecular complexity index is 493. The fourth-order valence-electron chi connectivity index (χ4n) is 1.26. The van der Waals surface area contributed by atoms with Crippen LogP contribution in [0.1, 0.15) is 10.4 Å². The number of nitrogens with zero attached hydrogens (tertiary/aromatic N) is 1. The lowest BCUT2D eigenvalue weighted by molar-refractivity contribution is 0.0603. The summed E-state index contributed by atoms with van der Waals surface area (Å²) < 4.78 is 17.2. The van der Waals surface area contributed by atoms with Gasteiger partial charge in [0.15, 0.2) is 0 Å². The third-order valence-electron chi connectivity index (χ3n) is 1.91. The molecule has 0 aliphatic heterocycles. The van der Waals surface area contributed by atoms with Crippen LogP contribution >= 0.6 is 0 Å². The van der Waals surface area contributed by atoms with E-state index in [9.17, 15) is 9.18 Å². The summed E-state index contributed by atoms with van der Waals surface area (Å²) in [4.78, 5) is 17.5. The van der Waals surface area contributed by atoms with Crippen LogP contribution in [0.15, 0.2) is 18.3 Å². The Morgan fingerprint density at radius 1 is 1.57 bits per heavy atom. The lowest BCUT2D eigenvalue weighted by atomic mass is 10.2. The van der Waals surface area contributed by atoms with Crippen LogP contribution in [0.25, 0.3) is 11.0 Å². The predicted molar refractivity (Wildman–Crippen MR) is 47.4 cm³/mol. The number of aromatic amines is 1. The van der Waals surface area contributed by atoms with Crippen LogP contribution in [0.4, 0.5) is 4.39 Å². The van der Waals surface area contributed by atoms with Crippen molar-refractivity contribution >= 4 is 17.0 Å². The molecule has 0 atom stereocenters. The predicted octanol–water partition coefficient (Wildman–Crippen LogP) is 1.49. The molecule has 2 heterocycles. The van der Waals surface area contributed by atoms with Gasteiger partial charge in [-0.2, -0.15) is 4.39 Å². The number of rotatable bonds is 1. The van der Waals surface area contributed by atoms with E-state index in [0.717, 1.165) is 0 Å². The Morgan fingerprint density at radius 2 is 2.36 bits per heavy atom. The summed E-state index contributed by atoms with van der Waals surface area (Å²) >= 11 is 0. The van der Waals surface area contributed by atoms with Gasteiger partial charge in [0.05, 0.1) is 12.7 Å². The second-order valence-electron chi connectivity index (χ2n) is 2.72. The third kappa shape index (κ3) is 1.22. The van der Waals surface area contributed by atoms with Crippen molar-refractivity contribution in [1.29, 1.82) is 0 Å². The molecule has 2 aromatic heterocycles. The van der Waals surface area contributed by atoms with E-state index < -0.39 is 11.9 Å². The molecule has 2 rings (SSSR count). The first kappa shape index (κ1) is 8.68. The fraction of sp³-hybridized carbons (Fsp3) is 0.111. The quantitative estimate of drug-likeness (QED) is 0.552. The molecule has 0 bridgehead atoms. The first-order chi connectivity index (χ1) is 6.72. The van der Waals surface area contributed by atoms with Crippen LogP contribution < -0.4 is 0 Å². The van der Waals surface area contributed by atoms with E-state index in [2.05, 4.69) is 14.7 Å². The van der Waals surface area contributed by atoms with Crippen molar-refractivity contribution in [2.24, 2.45) is 0 Å². The molecular weight excluding hydrogens is 187 g/mol. The molecule has 0 amide bonds. The van der Waals surface area contributed by atoms with Crippen LogP contribution in [-0.4, -0.2) is 23.0 Å². The Morgan fingerprint density at radius 3 is 3.07 bits per heavy atom. The second kappa shape index (κ2) is 3.10.